The van der Waals surface area contributed by atoms with E-state index in [0.717, 1.165) is 18.1 Å². The summed E-state index contributed by atoms with van der Waals surface area (Å²) in [5.41, 5.74) is 0. The number of carbonyl (C=O) groups excluding carboxylic acids is 1. The van der Waals surface area contributed by atoms with Gasteiger partial charge in [-0.05, 0) is 38.4 Å². The molecule has 1 rings (SSSR count). The van der Waals surface area contributed by atoms with Crippen molar-refractivity contribution in [1.82, 2.24) is 10.6 Å². The van der Waals surface area contributed by atoms with E-state index in [0.29, 0.717) is 18.6 Å². The zero-order valence-corrected chi connectivity index (χ0v) is 12.1. The van der Waals surface area contributed by atoms with Crippen LogP contribution < -0.4 is 10.6 Å². The summed E-state index contributed by atoms with van der Waals surface area (Å²) in [7, 11) is 0. The summed E-state index contributed by atoms with van der Waals surface area (Å²) in [4.78, 5) is 11.7. The summed E-state index contributed by atoms with van der Waals surface area (Å²) >= 11 is 1.95. The first-order valence-electron chi connectivity index (χ1n) is 6.75. The lowest BCUT2D eigenvalue weighted by molar-refractivity contribution is -0.121. The van der Waals surface area contributed by atoms with Gasteiger partial charge in [0.2, 0.25) is 5.91 Å². The van der Waals surface area contributed by atoms with Crippen LogP contribution in [0.1, 0.15) is 46.0 Å². The van der Waals surface area contributed by atoms with Gasteiger partial charge in [-0.1, -0.05) is 13.8 Å². The summed E-state index contributed by atoms with van der Waals surface area (Å²) < 4.78 is 0. The highest BCUT2D eigenvalue weighted by molar-refractivity contribution is 7.99. The average Bonchev–Trinajstić information content (AvgIpc) is 2.81. The molecule has 0 aromatic rings. The van der Waals surface area contributed by atoms with E-state index in [2.05, 4.69) is 30.7 Å². The molecular weight excluding hydrogens is 232 g/mol. The van der Waals surface area contributed by atoms with E-state index >= 15 is 0 Å². The molecule has 0 bridgehead atoms. The molecule has 1 saturated carbocycles. The van der Waals surface area contributed by atoms with Crippen LogP contribution in [0, 0.1) is 0 Å². The number of carbonyl (C=O) groups is 1. The Morgan fingerprint density at radius 1 is 1.35 bits per heavy atom. The Bertz CT molecular complexity index is 231. The Balaban J connectivity index is 2.16. The van der Waals surface area contributed by atoms with Crippen LogP contribution >= 0.6 is 11.8 Å². The number of thioether (sulfide) groups is 1. The Labute approximate surface area is 109 Å². The Morgan fingerprint density at radius 3 is 2.59 bits per heavy atom. The topological polar surface area (TPSA) is 41.1 Å². The molecule has 2 unspecified atom stereocenters. The van der Waals surface area contributed by atoms with Crippen molar-refractivity contribution in [3.05, 3.63) is 0 Å². The first-order chi connectivity index (χ1) is 8.19. The fourth-order valence-electron chi connectivity index (χ4n) is 2.35. The maximum Gasteiger partial charge on any atom is 0.234 e. The first-order valence-corrected chi connectivity index (χ1v) is 8.03. The SMILES string of the molecule is CCC(CC)NC(=O)CNC1CCC(SC)C1. The van der Waals surface area contributed by atoms with Crippen molar-refractivity contribution < 1.29 is 4.79 Å². The summed E-state index contributed by atoms with van der Waals surface area (Å²) in [6, 6.07) is 0.881. The lowest BCUT2D eigenvalue weighted by Crippen LogP contribution is -2.42. The van der Waals surface area contributed by atoms with Crippen molar-refractivity contribution in [1.29, 1.82) is 0 Å². The molecule has 2 N–H and O–H groups in total. The maximum atomic E-state index is 11.7. The zero-order chi connectivity index (χ0) is 12.7. The second-order valence-corrected chi connectivity index (χ2v) is 5.97. The van der Waals surface area contributed by atoms with Crippen LogP contribution in [0.15, 0.2) is 0 Å². The summed E-state index contributed by atoms with van der Waals surface area (Å²) in [6.07, 6.45) is 7.91. The van der Waals surface area contributed by atoms with E-state index in [1.807, 2.05) is 11.8 Å². The fourth-order valence-corrected chi connectivity index (χ4v) is 3.14. The van der Waals surface area contributed by atoms with Crippen molar-refractivity contribution >= 4 is 17.7 Å². The monoisotopic (exact) mass is 258 g/mol. The second-order valence-electron chi connectivity index (χ2n) is 4.83. The lowest BCUT2D eigenvalue weighted by Gasteiger charge is -2.17. The molecule has 0 saturated heterocycles. The van der Waals surface area contributed by atoms with Crippen molar-refractivity contribution in [2.45, 2.75) is 63.3 Å². The van der Waals surface area contributed by atoms with Gasteiger partial charge in [-0.3, -0.25) is 4.79 Å². The van der Waals surface area contributed by atoms with E-state index < -0.39 is 0 Å². The predicted octanol–water partition coefficient (Wildman–Crippen LogP) is 2.16. The molecule has 100 valence electrons. The molecule has 0 aliphatic heterocycles. The van der Waals surface area contributed by atoms with Gasteiger partial charge in [0, 0.05) is 17.3 Å². The molecule has 17 heavy (non-hydrogen) atoms. The van der Waals surface area contributed by atoms with Gasteiger partial charge in [0.15, 0.2) is 0 Å². The van der Waals surface area contributed by atoms with E-state index in [4.69, 9.17) is 0 Å². The number of hydrogen-bond acceptors (Lipinski definition) is 3. The molecule has 1 fully saturated rings. The number of amides is 1. The van der Waals surface area contributed by atoms with Crippen LogP contribution in [0.5, 0.6) is 0 Å². The van der Waals surface area contributed by atoms with E-state index in [1.54, 1.807) is 0 Å². The van der Waals surface area contributed by atoms with Crippen molar-refractivity contribution in [3.8, 4) is 0 Å². The van der Waals surface area contributed by atoms with E-state index in [-0.39, 0.29) is 5.91 Å². The van der Waals surface area contributed by atoms with Crippen LogP contribution in [0.3, 0.4) is 0 Å². The normalized spacial score (nSPS) is 24.2. The summed E-state index contributed by atoms with van der Waals surface area (Å²) in [5, 5.41) is 7.22. The van der Waals surface area contributed by atoms with E-state index in [1.165, 1.54) is 19.3 Å². The Morgan fingerprint density at radius 2 is 2.06 bits per heavy atom. The molecule has 1 aliphatic carbocycles. The van der Waals surface area contributed by atoms with Gasteiger partial charge in [-0.25, -0.2) is 0 Å². The fraction of sp³-hybridized carbons (Fsp3) is 0.923. The third-order valence-electron chi connectivity index (χ3n) is 3.62. The van der Waals surface area contributed by atoms with Crippen LogP contribution in [0.25, 0.3) is 0 Å². The minimum absolute atomic E-state index is 0.145. The highest BCUT2D eigenvalue weighted by Crippen LogP contribution is 2.27. The molecule has 0 aromatic heterocycles. The number of hydrogen-bond donors (Lipinski definition) is 2. The van der Waals surface area contributed by atoms with Crippen molar-refractivity contribution in [3.63, 3.8) is 0 Å². The molecular formula is C13H26N2OS. The standard InChI is InChI=1S/C13H26N2OS/c1-4-10(5-2)15-13(16)9-14-11-6-7-12(8-11)17-3/h10-12,14H,4-9H2,1-3H3,(H,15,16). The van der Waals surface area contributed by atoms with Crippen LogP contribution in [-0.2, 0) is 4.79 Å². The lowest BCUT2D eigenvalue weighted by atomic mass is 10.2. The molecule has 0 radical (unpaired) electrons. The van der Waals surface area contributed by atoms with Crippen LogP contribution in [0.2, 0.25) is 0 Å². The van der Waals surface area contributed by atoms with Gasteiger partial charge in [0.1, 0.15) is 0 Å². The highest BCUT2D eigenvalue weighted by atomic mass is 32.2. The van der Waals surface area contributed by atoms with Crippen molar-refractivity contribution in [2.75, 3.05) is 12.8 Å². The maximum absolute atomic E-state index is 11.7. The molecule has 1 aliphatic rings. The van der Waals surface area contributed by atoms with Gasteiger partial charge >= 0.3 is 0 Å². The Hall–Kier alpha value is -0.220. The molecule has 0 spiro atoms. The molecule has 0 aromatic carbocycles. The van der Waals surface area contributed by atoms with Crippen molar-refractivity contribution in [2.24, 2.45) is 0 Å². The van der Waals surface area contributed by atoms with Gasteiger partial charge in [-0.2, -0.15) is 11.8 Å². The molecule has 2 atom stereocenters. The largest absolute Gasteiger partial charge is 0.352 e. The number of nitrogens with one attached hydrogen (secondary N) is 2. The molecule has 4 heteroatoms. The molecule has 1 amide bonds. The van der Waals surface area contributed by atoms with Crippen LogP contribution in [0.4, 0.5) is 0 Å². The smallest absolute Gasteiger partial charge is 0.234 e. The molecule has 0 heterocycles. The van der Waals surface area contributed by atoms with Gasteiger partial charge in [-0.15, -0.1) is 0 Å². The minimum atomic E-state index is 0.145. The zero-order valence-electron chi connectivity index (χ0n) is 11.3. The molecule has 3 nitrogen and oxygen atoms in total. The van der Waals surface area contributed by atoms with Crippen LogP contribution in [-0.4, -0.2) is 36.0 Å². The second kappa shape index (κ2) is 7.98. The third kappa shape index (κ3) is 5.30. The quantitative estimate of drug-likeness (QED) is 0.735. The van der Waals surface area contributed by atoms with E-state index in [9.17, 15) is 4.79 Å². The number of rotatable bonds is 7. The minimum Gasteiger partial charge on any atom is -0.352 e. The van der Waals surface area contributed by atoms with Gasteiger partial charge < -0.3 is 10.6 Å². The Kier molecular flexibility index (Phi) is 6.97. The summed E-state index contributed by atoms with van der Waals surface area (Å²) in [6.45, 7) is 4.70. The predicted molar refractivity (Wildman–Crippen MR) is 75.5 cm³/mol. The highest BCUT2D eigenvalue weighted by Gasteiger charge is 2.23. The first kappa shape index (κ1) is 14.8. The third-order valence-corrected chi connectivity index (χ3v) is 4.71. The van der Waals surface area contributed by atoms with Gasteiger partial charge in [0.25, 0.3) is 0 Å². The average molecular weight is 258 g/mol. The van der Waals surface area contributed by atoms with Gasteiger partial charge in [0.05, 0.1) is 6.54 Å². The summed E-state index contributed by atoms with van der Waals surface area (Å²) in [5.74, 6) is 0.145.